The van der Waals surface area contributed by atoms with Gasteiger partial charge in [0.25, 0.3) is 0 Å². The molecular weight excluding hydrogens is 369 g/mol. The van der Waals surface area contributed by atoms with Gasteiger partial charge >= 0.3 is 18.7 Å². The summed E-state index contributed by atoms with van der Waals surface area (Å²) in [6, 6.07) is 3.24. The first-order valence-electron chi connectivity index (χ1n) is 6.28. The summed E-state index contributed by atoms with van der Waals surface area (Å²) in [5.41, 5.74) is -5.85. The van der Waals surface area contributed by atoms with E-state index in [0.717, 1.165) is 18.2 Å². The van der Waals surface area contributed by atoms with Gasteiger partial charge in [-0.25, -0.2) is 0 Å². The summed E-state index contributed by atoms with van der Waals surface area (Å²) in [6.45, 7) is 0. The van der Waals surface area contributed by atoms with E-state index in [-0.39, 0.29) is 6.07 Å². The van der Waals surface area contributed by atoms with Crippen molar-refractivity contribution in [1.82, 2.24) is 4.98 Å². The standard InChI is InChI=1S/C14H6F9NO/c15-12(16,17)9-4-5-24-11(10(9)13(18,19)20)7-2-1-3-8(6-7)25-14(21,22)23/h1-6H. The van der Waals surface area contributed by atoms with E-state index in [1.54, 1.807) is 0 Å². The molecule has 25 heavy (non-hydrogen) atoms. The van der Waals surface area contributed by atoms with Gasteiger partial charge in [-0.1, -0.05) is 12.1 Å². The van der Waals surface area contributed by atoms with E-state index in [2.05, 4.69) is 9.72 Å². The number of rotatable bonds is 2. The zero-order valence-corrected chi connectivity index (χ0v) is 11.7. The molecule has 0 atom stereocenters. The fourth-order valence-electron chi connectivity index (χ4n) is 2.04. The van der Waals surface area contributed by atoms with Crippen molar-refractivity contribution in [3.63, 3.8) is 0 Å². The van der Waals surface area contributed by atoms with Crippen molar-refractivity contribution in [1.29, 1.82) is 0 Å². The smallest absolute Gasteiger partial charge is 0.406 e. The molecule has 1 heterocycles. The molecule has 0 saturated carbocycles. The van der Waals surface area contributed by atoms with Gasteiger partial charge < -0.3 is 4.74 Å². The number of pyridine rings is 1. The Kier molecular flexibility index (Phi) is 4.62. The van der Waals surface area contributed by atoms with Crippen LogP contribution in [-0.2, 0) is 12.4 Å². The topological polar surface area (TPSA) is 22.1 Å². The molecule has 11 heteroatoms. The fourth-order valence-corrected chi connectivity index (χ4v) is 2.04. The summed E-state index contributed by atoms with van der Waals surface area (Å²) in [7, 11) is 0. The molecule has 2 nitrogen and oxygen atoms in total. The number of halogens is 9. The first kappa shape index (κ1) is 18.9. The number of alkyl halides is 9. The van der Waals surface area contributed by atoms with Crippen LogP contribution in [0.4, 0.5) is 39.5 Å². The van der Waals surface area contributed by atoms with Crippen molar-refractivity contribution in [2.45, 2.75) is 18.7 Å². The van der Waals surface area contributed by atoms with Gasteiger partial charge in [-0.2, -0.15) is 26.3 Å². The Morgan fingerprint density at radius 2 is 1.44 bits per heavy atom. The average Bonchev–Trinajstić information content (AvgIpc) is 2.43. The van der Waals surface area contributed by atoms with E-state index in [0.29, 0.717) is 12.3 Å². The zero-order chi connectivity index (χ0) is 19.0. The highest BCUT2D eigenvalue weighted by Crippen LogP contribution is 2.44. The molecule has 0 fully saturated rings. The summed E-state index contributed by atoms with van der Waals surface area (Å²) < 4.78 is 118. The Morgan fingerprint density at radius 3 is 1.96 bits per heavy atom. The molecule has 2 rings (SSSR count). The third kappa shape index (κ3) is 4.54. The fraction of sp³-hybridized carbons (Fsp3) is 0.214. The third-order valence-corrected chi connectivity index (χ3v) is 2.88. The zero-order valence-electron chi connectivity index (χ0n) is 11.7. The Hall–Kier alpha value is -2.46. The number of hydrogen-bond acceptors (Lipinski definition) is 2. The predicted molar refractivity (Wildman–Crippen MR) is 66.4 cm³/mol. The lowest BCUT2D eigenvalue weighted by atomic mass is 10.00. The predicted octanol–water partition coefficient (Wildman–Crippen LogP) is 5.68. The summed E-state index contributed by atoms with van der Waals surface area (Å²) in [5, 5.41) is 0. The van der Waals surface area contributed by atoms with Crippen molar-refractivity contribution in [2.24, 2.45) is 0 Å². The average molecular weight is 375 g/mol. The molecule has 0 aliphatic heterocycles. The van der Waals surface area contributed by atoms with E-state index in [1.165, 1.54) is 0 Å². The first-order chi connectivity index (χ1) is 11.3. The third-order valence-electron chi connectivity index (χ3n) is 2.88. The Labute approximate surface area is 133 Å². The highest BCUT2D eigenvalue weighted by molar-refractivity contribution is 5.67. The van der Waals surface area contributed by atoms with Gasteiger partial charge in [-0.15, -0.1) is 13.2 Å². The number of benzene rings is 1. The summed E-state index contributed by atoms with van der Waals surface area (Å²) in [4.78, 5) is 3.27. The molecule has 0 N–H and O–H groups in total. The summed E-state index contributed by atoms with van der Waals surface area (Å²) in [5.74, 6) is -0.891. The molecular formula is C14H6F9NO. The van der Waals surface area contributed by atoms with Crippen LogP contribution in [0.3, 0.4) is 0 Å². The first-order valence-corrected chi connectivity index (χ1v) is 6.28. The quantitative estimate of drug-likeness (QED) is 0.630. The van der Waals surface area contributed by atoms with Gasteiger partial charge in [0.15, 0.2) is 0 Å². The van der Waals surface area contributed by atoms with E-state index in [9.17, 15) is 39.5 Å². The van der Waals surface area contributed by atoms with E-state index >= 15 is 0 Å². The highest BCUT2D eigenvalue weighted by atomic mass is 19.4. The molecule has 0 unspecified atom stereocenters. The van der Waals surface area contributed by atoms with Crippen LogP contribution in [0.25, 0.3) is 11.3 Å². The maximum Gasteiger partial charge on any atom is 0.573 e. The van der Waals surface area contributed by atoms with Crippen LogP contribution in [0.1, 0.15) is 11.1 Å². The molecule has 0 saturated heterocycles. The minimum Gasteiger partial charge on any atom is -0.406 e. The molecule has 0 spiro atoms. The second-order valence-electron chi connectivity index (χ2n) is 4.65. The van der Waals surface area contributed by atoms with Gasteiger partial charge in [0, 0.05) is 11.8 Å². The van der Waals surface area contributed by atoms with E-state index in [1.807, 2.05) is 0 Å². The Morgan fingerprint density at radius 1 is 0.800 bits per heavy atom. The number of ether oxygens (including phenoxy) is 1. The van der Waals surface area contributed by atoms with Gasteiger partial charge in [-0.3, -0.25) is 4.98 Å². The van der Waals surface area contributed by atoms with Crippen LogP contribution in [0, 0.1) is 0 Å². The Bertz CT molecular complexity index is 762. The van der Waals surface area contributed by atoms with E-state index in [4.69, 9.17) is 0 Å². The molecule has 1 aromatic heterocycles. The molecule has 0 bridgehead atoms. The largest absolute Gasteiger partial charge is 0.573 e. The second kappa shape index (κ2) is 6.12. The lowest BCUT2D eigenvalue weighted by Crippen LogP contribution is -2.19. The Balaban J connectivity index is 2.66. The van der Waals surface area contributed by atoms with Crippen LogP contribution in [0.15, 0.2) is 36.5 Å². The van der Waals surface area contributed by atoms with Crippen LogP contribution >= 0.6 is 0 Å². The van der Waals surface area contributed by atoms with Crippen LogP contribution in [0.5, 0.6) is 5.75 Å². The normalized spacial score (nSPS) is 13.0. The van der Waals surface area contributed by atoms with Crippen molar-refractivity contribution in [2.75, 3.05) is 0 Å². The number of nitrogens with zero attached hydrogens (tertiary/aromatic N) is 1. The molecule has 0 aliphatic carbocycles. The maximum absolute atomic E-state index is 13.1. The lowest BCUT2D eigenvalue weighted by Gasteiger charge is -2.18. The molecule has 0 radical (unpaired) electrons. The lowest BCUT2D eigenvalue weighted by molar-refractivity contribution is -0.274. The van der Waals surface area contributed by atoms with Crippen LogP contribution in [0.2, 0.25) is 0 Å². The summed E-state index contributed by atoms with van der Waals surface area (Å²) >= 11 is 0. The van der Waals surface area contributed by atoms with Gasteiger partial charge in [0.1, 0.15) is 5.75 Å². The van der Waals surface area contributed by atoms with Gasteiger partial charge in [0.2, 0.25) is 0 Å². The molecule has 2 aromatic rings. The van der Waals surface area contributed by atoms with Gasteiger partial charge in [0.05, 0.1) is 16.8 Å². The molecule has 1 aromatic carbocycles. The van der Waals surface area contributed by atoms with Gasteiger partial charge in [-0.05, 0) is 18.2 Å². The number of hydrogen-bond donors (Lipinski definition) is 0. The maximum atomic E-state index is 13.1. The molecule has 0 aliphatic rings. The van der Waals surface area contributed by atoms with Crippen molar-refractivity contribution in [3.8, 4) is 17.0 Å². The highest BCUT2D eigenvalue weighted by Gasteiger charge is 2.45. The second-order valence-corrected chi connectivity index (χ2v) is 4.65. The van der Waals surface area contributed by atoms with Crippen molar-refractivity contribution in [3.05, 3.63) is 47.7 Å². The summed E-state index contributed by atoms with van der Waals surface area (Å²) in [6.07, 6.45) is -15.4. The minimum absolute atomic E-state index is 0.141. The van der Waals surface area contributed by atoms with E-state index < -0.39 is 46.8 Å². The number of aromatic nitrogens is 1. The van der Waals surface area contributed by atoms with Crippen LogP contribution < -0.4 is 4.74 Å². The van der Waals surface area contributed by atoms with Crippen molar-refractivity contribution < 1.29 is 44.3 Å². The monoisotopic (exact) mass is 375 g/mol. The molecule has 136 valence electrons. The van der Waals surface area contributed by atoms with Crippen LogP contribution in [-0.4, -0.2) is 11.3 Å². The molecule has 0 amide bonds. The van der Waals surface area contributed by atoms with Crippen molar-refractivity contribution >= 4 is 0 Å². The minimum atomic E-state index is -5.44. The SMILES string of the molecule is FC(F)(F)Oc1cccc(-c2nccc(C(F)(F)F)c2C(F)(F)F)c1.